The smallest absolute Gasteiger partial charge is 0.260 e. The molecule has 0 amide bonds. The normalized spacial score (nSPS) is 11.3. The van der Waals surface area contributed by atoms with Crippen molar-refractivity contribution in [2.75, 3.05) is 0 Å². The summed E-state index contributed by atoms with van der Waals surface area (Å²) >= 11 is 1.46. The molecule has 3 aromatic rings. The number of nitrogens with one attached hydrogen (secondary N) is 1. The lowest BCUT2D eigenvalue weighted by atomic mass is 10.3. The maximum Gasteiger partial charge on any atom is 0.260 e. The van der Waals surface area contributed by atoms with Gasteiger partial charge in [-0.25, -0.2) is 9.97 Å². The number of nitrogens with zero attached hydrogens (tertiary/aromatic N) is 2. The fourth-order valence-corrected chi connectivity index (χ4v) is 2.88. The molecule has 0 spiro atoms. The first-order valence-corrected chi connectivity index (χ1v) is 7.00. The van der Waals surface area contributed by atoms with Crippen molar-refractivity contribution >= 4 is 21.6 Å². The van der Waals surface area contributed by atoms with Crippen molar-refractivity contribution in [2.45, 2.75) is 26.7 Å². The Kier molecular flexibility index (Phi) is 2.94. The Labute approximate surface area is 113 Å². The molecule has 3 rings (SSSR count). The van der Waals surface area contributed by atoms with Gasteiger partial charge in [0, 0.05) is 6.42 Å². The van der Waals surface area contributed by atoms with Crippen LogP contribution >= 0.6 is 11.3 Å². The Morgan fingerprint density at radius 1 is 1.42 bits per heavy atom. The molecular formula is C13H13N3O2S. The van der Waals surface area contributed by atoms with Crippen molar-refractivity contribution in [3.63, 3.8) is 0 Å². The molecule has 0 saturated heterocycles. The summed E-state index contributed by atoms with van der Waals surface area (Å²) in [6, 6.07) is 0. The highest BCUT2D eigenvalue weighted by atomic mass is 32.1. The van der Waals surface area contributed by atoms with Gasteiger partial charge in [0.1, 0.15) is 16.8 Å². The van der Waals surface area contributed by atoms with Crippen LogP contribution in [0.3, 0.4) is 0 Å². The van der Waals surface area contributed by atoms with Crippen LogP contribution in [0, 0.1) is 6.92 Å². The second-order valence-corrected chi connectivity index (χ2v) is 5.25. The molecule has 19 heavy (non-hydrogen) atoms. The van der Waals surface area contributed by atoms with Gasteiger partial charge in [-0.1, -0.05) is 6.92 Å². The number of fused-ring (bicyclic) bond motifs is 1. The zero-order valence-corrected chi connectivity index (χ0v) is 11.5. The van der Waals surface area contributed by atoms with Crippen molar-refractivity contribution in [3.05, 3.63) is 33.5 Å². The van der Waals surface area contributed by atoms with E-state index in [2.05, 4.69) is 21.9 Å². The molecule has 0 fully saturated rings. The van der Waals surface area contributed by atoms with Gasteiger partial charge in [0.2, 0.25) is 0 Å². The molecule has 0 radical (unpaired) electrons. The predicted molar refractivity (Wildman–Crippen MR) is 74.5 cm³/mol. The molecule has 0 saturated carbocycles. The van der Waals surface area contributed by atoms with Crippen LogP contribution in [-0.4, -0.2) is 15.0 Å². The van der Waals surface area contributed by atoms with E-state index >= 15 is 0 Å². The molecule has 0 aromatic carbocycles. The van der Waals surface area contributed by atoms with Gasteiger partial charge in [0.15, 0.2) is 11.7 Å². The number of hydrogen-bond donors (Lipinski definition) is 1. The Hall–Kier alpha value is -1.95. The molecule has 0 bridgehead atoms. The van der Waals surface area contributed by atoms with E-state index < -0.39 is 0 Å². The average molecular weight is 275 g/mol. The van der Waals surface area contributed by atoms with Gasteiger partial charge in [-0.05, 0) is 24.3 Å². The van der Waals surface area contributed by atoms with Crippen molar-refractivity contribution in [1.29, 1.82) is 0 Å². The maximum atomic E-state index is 12.0. The first-order valence-electron chi connectivity index (χ1n) is 6.12. The lowest BCUT2D eigenvalue weighted by molar-refractivity contribution is 0.491. The van der Waals surface area contributed by atoms with Crippen molar-refractivity contribution in [3.8, 4) is 11.5 Å². The van der Waals surface area contributed by atoms with Crippen LogP contribution in [0.15, 0.2) is 20.9 Å². The van der Waals surface area contributed by atoms with E-state index in [4.69, 9.17) is 4.42 Å². The third-order valence-corrected chi connectivity index (χ3v) is 3.88. The largest absolute Gasteiger partial charge is 0.448 e. The van der Waals surface area contributed by atoms with Gasteiger partial charge >= 0.3 is 0 Å². The minimum absolute atomic E-state index is 0.126. The van der Waals surface area contributed by atoms with Crippen molar-refractivity contribution < 1.29 is 4.42 Å². The SMILES string of the molecule is CCCc1nc(-c2nc3scc(C)c3c(=O)[nH]2)co1. The molecule has 5 nitrogen and oxygen atoms in total. The summed E-state index contributed by atoms with van der Waals surface area (Å²) in [4.78, 5) is 24.3. The molecule has 98 valence electrons. The van der Waals surface area contributed by atoms with Crippen LogP contribution in [-0.2, 0) is 6.42 Å². The van der Waals surface area contributed by atoms with Gasteiger partial charge in [-0.15, -0.1) is 11.3 Å². The molecule has 0 aliphatic rings. The van der Waals surface area contributed by atoms with Crippen molar-refractivity contribution in [2.24, 2.45) is 0 Å². The van der Waals surface area contributed by atoms with Gasteiger partial charge in [0.25, 0.3) is 5.56 Å². The number of aromatic amines is 1. The van der Waals surface area contributed by atoms with E-state index in [1.54, 1.807) is 0 Å². The molecule has 3 aromatic heterocycles. The first-order chi connectivity index (χ1) is 9.19. The van der Waals surface area contributed by atoms with E-state index in [1.807, 2.05) is 12.3 Å². The quantitative estimate of drug-likeness (QED) is 0.797. The molecule has 0 atom stereocenters. The summed E-state index contributed by atoms with van der Waals surface area (Å²) in [6.07, 6.45) is 3.28. The molecule has 6 heteroatoms. The molecule has 1 N–H and O–H groups in total. The summed E-state index contributed by atoms with van der Waals surface area (Å²) in [6.45, 7) is 3.97. The second kappa shape index (κ2) is 4.62. The average Bonchev–Trinajstić information content (AvgIpc) is 2.97. The lowest BCUT2D eigenvalue weighted by Gasteiger charge is -1.96. The van der Waals surface area contributed by atoms with Crippen molar-refractivity contribution in [1.82, 2.24) is 15.0 Å². The van der Waals surface area contributed by atoms with E-state index in [9.17, 15) is 4.79 Å². The van der Waals surface area contributed by atoms with Gasteiger partial charge in [0.05, 0.1) is 5.39 Å². The highest BCUT2D eigenvalue weighted by Crippen LogP contribution is 2.22. The van der Waals surface area contributed by atoms with Crippen LogP contribution in [0.4, 0.5) is 0 Å². The lowest BCUT2D eigenvalue weighted by Crippen LogP contribution is -2.09. The van der Waals surface area contributed by atoms with E-state index in [0.29, 0.717) is 22.8 Å². The Bertz CT molecular complexity index is 785. The third-order valence-electron chi connectivity index (χ3n) is 2.89. The van der Waals surface area contributed by atoms with Gasteiger partial charge in [-0.2, -0.15) is 0 Å². The fourth-order valence-electron chi connectivity index (χ4n) is 1.96. The molecular weight excluding hydrogens is 262 g/mol. The minimum atomic E-state index is -0.126. The number of aromatic nitrogens is 3. The van der Waals surface area contributed by atoms with E-state index in [1.165, 1.54) is 17.6 Å². The summed E-state index contributed by atoms with van der Waals surface area (Å²) in [5.41, 5.74) is 1.40. The second-order valence-electron chi connectivity index (χ2n) is 4.39. The third kappa shape index (κ3) is 2.08. The number of H-pyrrole nitrogens is 1. The summed E-state index contributed by atoms with van der Waals surface area (Å²) in [7, 11) is 0. The number of thiophene rings is 1. The topological polar surface area (TPSA) is 71.8 Å². The summed E-state index contributed by atoms with van der Waals surface area (Å²) < 4.78 is 5.35. The van der Waals surface area contributed by atoms with E-state index in [-0.39, 0.29) is 5.56 Å². The maximum absolute atomic E-state index is 12.0. The molecule has 0 aliphatic heterocycles. The van der Waals surface area contributed by atoms with Gasteiger partial charge < -0.3 is 9.40 Å². The first kappa shape index (κ1) is 12.1. The van der Waals surface area contributed by atoms with Crippen LogP contribution in [0.25, 0.3) is 21.7 Å². The Balaban J connectivity index is 2.11. The molecule has 0 unspecified atom stereocenters. The molecule has 0 aliphatic carbocycles. The fraction of sp³-hybridized carbons (Fsp3) is 0.308. The standard InChI is InChI=1S/C13H13N3O2S/c1-3-4-9-14-8(5-18-9)11-15-12(17)10-7(2)6-19-13(10)16-11/h5-6H,3-4H2,1-2H3,(H,15,16,17). The monoisotopic (exact) mass is 275 g/mol. The Morgan fingerprint density at radius 2 is 2.26 bits per heavy atom. The summed E-state index contributed by atoms with van der Waals surface area (Å²) in [5.74, 6) is 1.13. The number of hydrogen-bond acceptors (Lipinski definition) is 5. The number of rotatable bonds is 3. The van der Waals surface area contributed by atoms with Crippen LogP contribution in [0.2, 0.25) is 0 Å². The van der Waals surface area contributed by atoms with Crippen LogP contribution in [0.5, 0.6) is 0 Å². The molecule has 3 heterocycles. The predicted octanol–water partition coefficient (Wildman–Crippen LogP) is 2.90. The van der Waals surface area contributed by atoms with Crippen LogP contribution in [0.1, 0.15) is 24.8 Å². The number of aryl methyl sites for hydroxylation is 2. The van der Waals surface area contributed by atoms with Crippen LogP contribution < -0.4 is 5.56 Å². The van der Waals surface area contributed by atoms with Gasteiger partial charge in [-0.3, -0.25) is 4.79 Å². The highest BCUT2D eigenvalue weighted by molar-refractivity contribution is 7.16. The minimum Gasteiger partial charge on any atom is -0.448 e. The zero-order valence-electron chi connectivity index (χ0n) is 10.7. The Morgan fingerprint density at radius 3 is 3.05 bits per heavy atom. The number of oxazole rings is 1. The summed E-state index contributed by atoms with van der Waals surface area (Å²) in [5, 5.41) is 2.59. The highest BCUT2D eigenvalue weighted by Gasteiger charge is 2.12. The zero-order chi connectivity index (χ0) is 13.4. The van der Waals surface area contributed by atoms with E-state index in [0.717, 1.165) is 23.2 Å².